The van der Waals surface area contributed by atoms with E-state index in [9.17, 15) is 14.0 Å². The summed E-state index contributed by atoms with van der Waals surface area (Å²) >= 11 is 1.46. The second-order valence-electron chi connectivity index (χ2n) is 7.50. The smallest absolute Gasteiger partial charge is 0.268 e. The fraction of sp³-hybridized carbons (Fsp3) is 0.364. The maximum absolute atomic E-state index is 14.3. The second-order valence-corrected chi connectivity index (χ2v) is 8.79. The number of nitrogens with zero attached hydrogens (tertiary/aromatic N) is 2. The number of halogens is 1. The van der Waals surface area contributed by atoms with Crippen molar-refractivity contribution in [2.45, 2.75) is 25.3 Å². The summed E-state index contributed by atoms with van der Waals surface area (Å²) in [4.78, 5) is 28.9. The molecule has 0 bridgehead atoms. The Labute approximate surface area is 173 Å². The van der Waals surface area contributed by atoms with Crippen LogP contribution in [0.1, 0.15) is 25.0 Å². The van der Waals surface area contributed by atoms with Gasteiger partial charge in [-0.25, -0.2) is 4.39 Å². The van der Waals surface area contributed by atoms with Crippen LogP contribution in [0.15, 0.2) is 42.5 Å². The zero-order chi connectivity index (χ0) is 20.8. The first kappa shape index (κ1) is 19.8. The standard InChI is InChI=1S/C22H23FN2O3S/c1-14(2)20(26)25-10-11-29-22(25)17-12-16(28-3)8-9-19(17)24(21(22)27)13-15-6-4-5-7-18(15)23/h4-9,12,14H,10-11,13H2,1-3H3. The molecular weight excluding hydrogens is 391 g/mol. The molecule has 1 spiro atoms. The Kier molecular flexibility index (Phi) is 5.02. The summed E-state index contributed by atoms with van der Waals surface area (Å²) in [6.45, 7) is 4.28. The number of ether oxygens (including phenoxy) is 1. The lowest BCUT2D eigenvalue weighted by Gasteiger charge is -2.34. The molecule has 0 saturated carbocycles. The number of carbonyl (C=O) groups excluding carboxylic acids is 2. The van der Waals surface area contributed by atoms with Crippen molar-refractivity contribution in [1.82, 2.24) is 4.90 Å². The van der Waals surface area contributed by atoms with Gasteiger partial charge in [0.2, 0.25) is 5.91 Å². The van der Waals surface area contributed by atoms with Crippen molar-refractivity contribution < 1.29 is 18.7 Å². The number of rotatable bonds is 4. The molecule has 1 saturated heterocycles. The molecule has 0 aromatic heterocycles. The van der Waals surface area contributed by atoms with Crippen LogP contribution in [0.3, 0.4) is 0 Å². The lowest BCUT2D eigenvalue weighted by Crippen LogP contribution is -2.51. The van der Waals surface area contributed by atoms with Crippen LogP contribution in [0.2, 0.25) is 0 Å². The van der Waals surface area contributed by atoms with Gasteiger partial charge in [0, 0.05) is 29.3 Å². The molecule has 4 rings (SSSR count). The van der Waals surface area contributed by atoms with Crippen molar-refractivity contribution in [3.05, 3.63) is 59.4 Å². The highest BCUT2D eigenvalue weighted by atomic mass is 32.2. The van der Waals surface area contributed by atoms with Gasteiger partial charge in [0.15, 0.2) is 4.87 Å². The van der Waals surface area contributed by atoms with Crippen LogP contribution in [0.4, 0.5) is 10.1 Å². The fourth-order valence-corrected chi connectivity index (χ4v) is 5.47. The molecule has 0 aliphatic carbocycles. The van der Waals surface area contributed by atoms with E-state index in [1.807, 2.05) is 26.0 Å². The van der Waals surface area contributed by atoms with Gasteiger partial charge in [0.1, 0.15) is 11.6 Å². The first-order chi connectivity index (χ1) is 13.9. The Hall–Kier alpha value is -2.54. The van der Waals surface area contributed by atoms with Crippen LogP contribution in [0.25, 0.3) is 0 Å². The van der Waals surface area contributed by atoms with E-state index in [0.29, 0.717) is 29.3 Å². The molecule has 5 nitrogen and oxygen atoms in total. The van der Waals surface area contributed by atoms with E-state index in [-0.39, 0.29) is 30.1 Å². The number of methoxy groups -OCH3 is 1. The third kappa shape index (κ3) is 2.99. The molecule has 0 radical (unpaired) electrons. The monoisotopic (exact) mass is 414 g/mol. The number of hydrogen-bond acceptors (Lipinski definition) is 4. The third-order valence-electron chi connectivity index (χ3n) is 5.45. The SMILES string of the molecule is COc1ccc2c(c1)C1(SCCN1C(=O)C(C)C)C(=O)N2Cc1ccccc1F. The minimum atomic E-state index is -1.13. The summed E-state index contributed by atoms with van der Waals surface area (Å²) in [5, 5.41) is 0. The fourth-order valence-electron chi connectivity index (χ4n) is 4.01. The molecule has 29 heavy (non-hydrogen) atoms. The number of amides is 2. The number of carbonyl (C=O) groups is 2. The van der Waals surface area contributed by atoms with Crippen molar-refractivity contribution in [2.24, 2.45) is 5.92 Å². The van der Waals surface area contributed by atoms with Gasteiger partial charge in [0.25, 0.3) is 5.91 Å². The van der Waals surface area contributed by atoms with Crippen molar-refractivity contribution in [3.63, 3.8) is 0 Å². The van der Waals surface area contributed by atoms with Crippen molar-refractivity contribution in [1.29, 1.82) is 0 Å². The van der Waals surface area contributed by atoms with Crippen LogP contribution in [0.5, 0.6) is 5.75 Å². The number of thioether (sulfide) groups is 1. The average Bonchev–Trinajstić information content (AvgIpc) is 3.25. The number of hydrogen-bond donors (Lipinski definition) is 0. The first-order valence-electron chi connectivity index (χ1n) is 9.59. The molecule has 0 N–H and O–H groups in total. The number of fused-ring (bicyclic) bond motifs is 2. The van der Waals surface area contributed by atoms with Gasteiger partial charge >= 0.3 is 0 Å². The van der Waals surface area contributed by atoms with E-state index in [2.05, 4.69) is 0 Å². The molecule has 1 atom stereocenters. The number of anilines is 1. The summed E-state index contributed by atoms with van der Waals surface area (Å²) in [6, 6.07) is 11.9. The lowest BCUT2D eigenvalue weighted by molar-refractivity contribution is -0.142. The Balaban J connectivity index is 1.85. The van der Waals surface area contributed by atoms with Crippen molar-refractivity contribution in [3.8, 4) is 5.75 Å². The van der Waals surface area contributed by atoms with Crippen LogP contribution < -0.4 is 9.64 Å². The minimum Gasteiger partial charge on any atom is -0.497 e. The Bertz CT molecular complexity index is 980. The maximum Gasteiger partial charge on any atom is 0.268 e. The Morgan fingerprint density at radius 1 is 1.28 bits per heavy atom. The molecule has 2 aromatic rings. The van der Waals surface area contributed by atoms with E-state index in [1.165, 1.54) is 17.8 Å². The zero-order valence-corrected chi connectivity index (χ0v) is 17.5. The van der Waals surface area contributed by atoms with Crippen LogP contribution in [-0.2, 0) is 21.0 Å². The van der Waals surface area contributed by atoms with Gasteiger partial charge < -0.3 is 14.5 Å². The van der Waals surface area contributed by atoms with Crippen LogP contribution >= 0.6 is 11.8 Å². The maximum atomic E-state index is 14.3. The molecule has 2 aliphatic heterocycles. The molecule has 1 unspecified atom stereocenters. The zero-order valence-electron chi connectivity index (χ0n) is 16.6. The van der Waals surface area contributed by atoms with Crippen LogP contribution in [0, 0.1) is 11.7 Å². The largest absolute Gasteiger partial charge is 0.497 e. The Morgan fingerprint density at radius 2 is 2.03 bits per heavy atom. The van der Waals surface area contributed by atoms with E-state index in [4.69, 9.17) is 4.74 Å². The molecule has 152 valence electrons. The second kappa shape index (κ2) is 7.37. The van der Waals surface area contributed by atoms with Crippen LogP contribution in [-0.4, -0.2) is 36.1 Å². The predicted molar refractivity (Wildman–Crippen MR) is 111 cm³/mol. The normalized spacial score (nSPS) is 20.7. The average molecular weight is 415 g/mol. The minimum absolute atomic E-state index is 0.0649. The third-order valence-corrected chi connectivity index (χ3v) is 6.87. The summed E-state index contributed by atoms with van der Waals surface area (Å²) in [5.74, 6) is 0.422. The predicted octanol–water partition coefficient (Wildman–Crippen LogP) is 3.77. The number of benzene rings is 2. The van der Waals surface area contributed by atoms with Gasteiger partial charge in [-0.15, -0.1) is 11.8 Å². The molecule has 2 heterocycles. The highest BCUT2D eigenvalue weighted by molar-refractivity contribution is 8.01. The molecule has 1 fully saturated rings. The first-order valence-corrected chi connectivity index (χ1v) is 10.6. The van der Waals surface area contributed by atoms with Gasteiger partial charge in [-0.2, -0.15) is 0 Å². The van der Waals surface area contributed by atoms with E-state index in [1.54, 1.807) is 41.2 Å². The molecule has 2 aliphatic rings. The van der Waals surface area contributed by atoms with E-state index < -0.39 is 4.87 Å². The van der Waals surface area contributed by atoms with Gasteiger partial charge in [0.05, 0.1) is 19.3 Å². The van der Waals surface area contributed by atoms with Gasteiger partial charge in [-0.3, -0.25) is 9.59 Å². The van der Waals surface area contributed by atoms with E-state index >= 15 is 0 Å². The molecular formula is C22H23FN2O3S. The summed E-state index contributed by atoms with van der Waals surface area (Å²) in [7, 11) is 1.57. The van der Waals surface area contributed by atoms with Crippen molar-refractivity contribution >= 4 is 29.3 Å². The summed E-state index contributed by atoms with van der Waals surface area (Å²) in [5.41, 5.74) is 1.86. The Morgan fingerprint density at radius 3 is 2.72 bits per heavy atom. The quantitative estimate of drug-likeness (QED) is 0.764. The highest BCUT2D eigenvalue weighted by Crippen LogP contribution is 2.55. The topological polar surface area (TPSA) is 49.9 Å². The van der Waals surface area contributed by atoms with Gasteiger partial charge in [-0.1, -0.05) is 32.0 Å². The molecule has 7 heteroatoms. The summed E-state index contributed by atoms with van der Waals surface area (Å²) in [6.07, 6.45) is 0. The molecule has 2 amide bonds. The molecule has 2 aromatic carbocycles. The van der Waals surface area contributed by atoms with Crippen molar-refractivity contribution in [2.75, 3.05) is 24.3 Å². The lowest BCUT2D eigenvalue weighted by atomic mass is 10.0. The summed E-state index contributed by atoms with van der Waals surface area (Å²) < 4.78 is 19.7. The van der Waals surface area contributed by atoms with Gasteiger partial charge in [-0.05, 0) is 24.3 Å². The van der Waals surface area contributed by atoms with E-state index in [0.717, 1.165) is 5.56 Å². The highest BCUT2D eigenvalue weighted by Gasteiger charge is 2.59.